The maximum atomic E-state index is 11.0. The Hall–Kier alpha value is -3.50. The summed E-state index contributed by atoms with van der Waals surface area (Å²) < 4.78 is 11.1. The molecule has 0 unspecified atom stereocenters. The van der Waals surface area contributed by atoms with E-state index in [2.05, 4.69) is 11.8 Å². The second-order valence-corrected chi connectivity index (χ2v) is 4.73. The zero-order valence-corrected chi connectivity index (χ0v) is 12.8. The molecule has 0 spiro atoms. The third-order valence-electron chi connectivity index (χ3n) is 3.20. The Balaban J connectivity index is 2.57. The lowest BCUT2D eigenvalue weighted by molar-refractivity contribution is 0.111. The van der Waals surface area contributed by atoms with Crippen LogP contribution in [0.2, 0.25) is 0 Å². The third-order valence-corrected chi connectivity index (χ3v) is 3.20. The largest absolute Gasteiger partial charge is 0.480 e. The molecule has 0 atom stereocenters. The summed E-state index contributed by atoms with van der Waals surface area (Å²) in [4.78, 5) is 22.0. The van der Waals surface area contributed by atoms with Gasteiger partial charge < -0.3 is 9.47 Å². The number of hydrogen-bond donors (Lipinski definition) is 0. The topological polar surface area (TPSA) is 52.6 Å². The molecule has 0 fully saturated rings. The van der Waals surface area contributed by atoms with Crippen LogP contribution in [0.1, 0.15) is 20.7 Å². The van der Waals surface area contributed by atoms with E-state index >= 15 is 0 Å². The molecule has 0 aromatic heterocycles. The SMILES string of the molecule is C#CCOc1cc(C=O)ccc1-c1ccc(C=O)cc1OCC#C. The molecule has 2 aromatic rings. The van der Waals surface area contributed by atoms with E-state index in [1.807, 2.05) is 0 Å². The minimum Gasteiger partial charge on any atom is -0.480 e. The zero-order chi connectivity index (χ0) is 17.4. The van der Waals surface area contributed by atoms with Crippen LogP contribution in [-0.4, -0.2) is 25.8 Å². The predicted octanol–water partition coefficient (Wildman–Crippen LogP) is 3.00. The van der Waals surface area contributed by atoms with Crippen molar-refractivity contribution >= 4 is 12.6 Å². The van der Waals surface area contributed by atoms with Crippen LogP contribution in [0.15, 0.2) is 36.4 Å². The highest BCUT2D eigenvalue weighted by Gasteiger charge is 2.13. The van der Waals surface area contributed by atoms with E-state index < -0.39 is 0 Å². The summed E-state index contributed by atoms with van der Waals surface area (Å²) in [7, 11) is 0. The molecule has 118 valence electrons. The van der Waals surface area contributed by atoms with Gasteiger partial charge in [0.25, 0.3) is 0 Å². The van der Waals surface area contributed by atoms with Gasteiger partial charge in [0.05, 0.1) is 0 Å². The standard InChI is InChI=1S/C20H14O4/c1-3-9-23-19-11-15(13-21)5-7-17(19)18-8-6-16(14-22)12-20(18)24-10-4-2/h1-2,5-8,11-14H,9-10H2. The van der Waals surface area contributed by atoms with Crippen molar-refractivity contribution in [2.45, 2.75) is 0 Å². The summed E-state index contributed by atoms with van der Waals surface area (Å²) in [6.45, 7) is 0.116. The fourth-order valence-corrected chi connectivity index (χ4v) is 2.15. The van der Waals surface area contributed by atoms with Crippen molar-refractivity contribution in [3.8, 4) is 47.3 Å². The monoisotopic (exact) mass is 318 g/mol. The predicted molar refractivity (Wildman–Crippen MR) is 91.3 cm³/mol. The quantitative estimate of drug-likeness (QED) is 0.582. The van der Waals surface area contributed by atoms with Crippen molar-refractivity contribution in [1.29, 1.82) is 0 Å². The molecule has 0 N–H and O–H groups in total. The highest BCUT2D eigenvalue weighted by Crippen LogP contribution is 2.37. The van der Waals surface area contributed by atoms with Gasteiger partial charge in [0.1, 0.15) is 37.3 Å². The fraction of sp³-hybridized carbons (Fsp3) is 0.100. The van der Waals surface area contributed by atoms with Gasteiger partial charge in [-0.3, -0.25) is 9.59 Å². The zero-order valence-electron chi connectivity index (χ0n) is 12.8. The lowest BCUT2D eigenvalue weighted by Crippen LogP contribution is -2.00. The number of benzene rings is 2. The van der Waals surface area contributed by atoms with Crippen LogP contribution >= 0.6 is 0 Å². The minimum absolute atomic E-state index is 0.0578. The van der Waals surface area contributed by atoms with E-state index in [1.54, 1.807) is 36.4 Å². The van der Waals surface area contributed by atoms with Gasteiger partial charge in [0.15, 0.2) is 0 Å². The summed E-state index contributed by atoms with van der Waals surface area (Å²) in [5.41, 5.74) is 2.28. The molecule has 4 heteroatoms. The van der Waals surface area contributed by atoms with E-state index in [9.17, 15) is 9.59 Å². The summed E-state index contributed by atoms with van der Waals surface area (Å²) in [5, 5.41) is 0. The summed E-state index contributed by atoms with van der Waals surface area (Å²) in [5.74, 6) is 5.66. The lowest BCUT2D eigenvalue weighted by Gasteiger charge is -2.15. The highest BCUT2D eigenvalue weighted by atomic mass is 16.5. The molecular weight excluding hydrogens is 304 g/mol. The smallest absolute Gasteiger partial charge is 0.150 e. The summed E-state index contributed by atoms with van der Waals surface area (Å²) in [6, 6.07) is 9.96. The highest BCUT2D eigenvalue weighted by molar-refractivity contribution is 5.84. The van der Waals surface area contributed by atoms with Gasteiger partial charge in [0, 0.05) is 22.3 Å². The Labute approximate surface area is 140 Å². The van der Waals surface area contributed by atoms with Gasteiger partial charge in [-0.2, -0.15) is 0 Å². The first kappa shape index (κ1) is 16.9. The first-order valence-electron chi connectivity index (χ1n) is 7.04. The van der Waals surface area contributed by atoms with Crippen molar-refractivity contribution in [1.82, 2.24) is 0 Å². The Kier molecular flexibility index (Phi) is 5.77. The molecule has 4 nitrogen and oxygen atoms in total. The number of hydrogen-bond acceptors (Lipinski definition) is 4. The van der Waals surface area contributed by atoms with Gasteiger partial charge in [-0.15, -0.1) is 12.8 Å². The molecular formula is C20H14O4. The molecule has 0 amide bonds. The fourth-order valence-electron chi connectivity index (χ4n) is 2.15. The number of carbonyl (C=O) groups is 2. The Bertz CT molecular complexity index is 766. The van der Waals surface area contributed by atoms with Crippen LogP contribution < -0.4 is 9.47 Å². The molecule has 0 saturated heterocycles. The van der Waals surface area contributed by atoms with Crippen molar-refractivity contribution in [3.05, 3.63) is 47.5 Å². The number of carbonyl (C=O) groups excluding carboxylic acids is 2. The third kappa shape index (κ3) is 3.82. The summed E-state index contributed by atoms with van der Waals surface area (Å²) in [6.07, 6.45) is 11.9. The van der Waals surface area contributed by atoms with Crippen molar-refractivity contribution in [3.63, 3.8) is 0 Å². The molecule has 0 bridgehead atoms. The number of rotatable bonds is 7. The number of aldehydes is 2. The molecule has 0 saturated carbocycles. The van der Waals surface area contributed by atoms with Gasteiger partial charge in [-0.1, -0.05) is 24.0 Å². The van der Waals surface area contributed by atoms with E-state index in [0.717, 1.165) is 12.6 Å². The summed E-state index contributed by atoms with van der Waals surface area (Å²) >= 11 is 0. The van der Waals surface area contributed by atoms with Crippen LogP contribution in [0, 0.1) is 24.7 Å². The van der Waals surface area contributed by atoms with Crippen molar-refractivity contribution < 1.29 is 19.1 Å². The number of ether oxygens (including phenoxy) is 2. The van der Waals surface area contributed by atoms with E-state index in [4.69, 9.17) is 22.3 Å². The Morgan fingerprint density at radius 2 is 1.21 bits per heavy atom. The maximum Gasteiger partial charge on any atom is 0.150 e. The Morgan fingerprint density at radius 1 is 0.792 bits per heavy atom. The average molecular weight is 318 g/mol. The van der Waals surface area contributed by atoms with Crippen LogP contribution in [0.4, 0.5) is 0 Å². The normalized spacial score (nSPS) is 9.42. The molecule has 0 heterocycles. The van der Waals surface area contributed by atoms with Gasteiger partial charge in [-0.25, -0.2) is 0 Å². The number of terminal acetylenes is 2. The van der Waals surface area contributed by atoms with Crippen molar-refractivity contribution in [2.75, 3.05) is 13.2 Å². The van der Waals surface area contributed by atoms with Gasteiger partial charge >= 0.3 is 0 Å². The van der Waals surface area contributed by atoms with Crippen molar-refractivity contribution in [2.24, 2.45) is 0 Å². The van der Waals surface area contributed by atoms with Crippen LogP contribution in [0.3, 0.4) is 0 Å². The van der Waals surface area contributed by atoms with Gasteiger partial charge in [-0.05, 0) is 24.3 Å². The molecule has 0 aliphatic rings. The molecule has 0 radical (unpaired) electrons. The van der Waals surface area contributed by atoms with Crippen LogP contribution in [0.5, 0.6) is 11.5 Å². The molecule has 0 aliphatic carbocycles. The molecule has 2 aromatic carbocycles. The second kappa shape index (κ2) is 8.22. The average Bonchev–Trinajstić information content (AvgIpc) is 2.64. The van der Waals surface area contributed by atoms with E-state index in [0.29, 0.717) is 33.8 Å². The first-order chi connectivity index (χ1) is 11.7. The molecule has 2 rings (SSSR count). The first-order valence-corrected chi connectivity index (χ1v) is 7.04. The minimum atomic E-state index is 0.0578. The lowest BCUT2D eigenvalue weighted by atomic mass is 10.0. The van der Waals surface area contributed by atoms with Gasteiger partial charge in [0.2, 0.25) is 0 Å². The maximum absolute atomic E-state index is 11.0. The molecule has 24 heavy (non-hydrogen) atoms. The molecule has 0 aliphatic heterocycles. The second-order valence-electron chi connectivity index (χ2n) is 4.73. The van der Waals surface area contributed by atoms with E-state index in [1.165, 1.54) is 0 Å². The van der Waals surface area contributed by atoms with E-state index in [-0.39, 0.29) is 13.2 Å². The van der Waals surface area contributed by atoms with Crippen LogP contribution in [-0.2, 0) is 0 Å². The Morgan fingerprint density at radius 3 is 1.54 bits per heavy atom. The van der Waals surface area contributed by atoms with Crippen LogP contribution in [0.25, 0.3) is 11.1 Å².